The molecule has 0 bridgehead atoms. The van der Waals surface area contributed by atoms with Crippen molar-refractivity contribution >= 4 is 23.2 Å². The molecule has 1 aliphatic heterocycles. The van der Waals surface area contributed by atoms with E-state index in [4.69, 9.17) is 21.1 Å². The zero-order valence-corrected chi connectivity index (χ0v) is 16.6. The van der Waals surface area contributed by atoms with Gasteiger partial charge in [0.2, 0.25) is 5.91 Å². The largest absolute Gasteiger partial charge is 0.495 e. The van der Waals surface area contributed by atoms with Crippen molar-refractivity contribution in [1.82, 2.24) is 9.78 Å². The fourth-order valence-electron chi connectivity index (χ4n) is 3.33. The Morgan fingerprint density at radius 1 is 1.32 bits per heavy atom. The van der Waals surface area contributed by atoms with E-state index in [0.29, 0.717) is 23.1 Å². The molecule has 0 radical (unpaired) electrons. The van der Waals surface area contributed by atoms with E-state index in [0.717, 1.165) is 33.7 Å². The Bertz CT molecular complexity index is 1070. The number of carbonyl (C=O) groups is 1. The molecule has 1 aliphatic rings. The van der Waals surface area contributed by atoms with Gasteiger partial charge in [0.05, 0.1) is 24.7 Å². The highest BCUT2D eigenvalue weighted by Crippen LogP contribution is 2.38. The molecule has 0 fully saturated rings. The highest BCUT2D eigenvalue weighted by atomic mass is 35.5. The van der Waals surface area contributed by atoms with Crippen LogP contribution in [0.5, 0.6) is 11.5 Å². The molecule has 28 heavy (non-hydrogen) atoms. The molecule has 3 aromatic rings. The number of carbonyl (C=O) groups excluding carboxylic acids is 1. The lowest BCUT2D eigenvalue weighted by molar-refractivity contribution is -0.116. The Kier molecular flexibility index (Phi) is 4.73. The molecule has 4 rings (SSSR count). The lowest BCUT2D eigenvalue weighted by Gasteiger charge is -2.20. The topological polar surface area (TPSA) is 65.4 Å². The number of nitrogens with zero attached hydrogens (tertiary/aromatic N) is 2. The summed E-state index contributed by atoms with van der Waals surface area (Å²) in [6.07, 6.45) is 1.75. The standard InChI is InChI=1S/C21H20ClN3O3/c1-12-4-5-18-15(6-12)21-14(11-28-18)9-23-25(21)10-20(26)24-17-7-13(2)16(22)8-19(17)27-3/h4-9H,10-11H2,1-3H3,(H,24,26). The molecule has 1 aromatic heterocycles. The molecule has 0 spiro atoms. The van der Waals surface area contributed by atoms with E-state index < -0.39 is 0 Å². The third kappa shape index (κ3) is 3.31. The van der Waals surface area contributed by atoms with Crippen LogP contribution in [-0.2, 0) is 17.9 Å². The minimum atomic E-state index is -0.202. The Morgan fingerprint density at radius 3 is 2.93 bits per heavy atom. The van der Waals surface area contributed by atoms with Gasteiger partial charge in [0, 0.05) is 22.2 Å². The zero-order valence-electron chi connectivity index (χ0n) is 15.9. The minimum Gasteiger partial charge on any atom is -0.495 e. The van der Waals surface area contributed by atoms with E-state index in [1.54, 1.807) is 30.1 Å². The van der Waals surface area contributed by atoms with Crippen LogP contribution in [0.25, 0.3) is 11.3 Å². The second-order valence-electron chi connectivity index (χ2n) is 6.81. The van der Waals surface area contributed by atoms with Gasteiger partial charge >= 0.3 is 0 Å². The van der Waals surface area contributed by atoms with Gasteiger partial charge in [-0.05, 0) is 37.6 Å². The van der Waals surface area contributed by atoms with Crippen molar-refractivity contribution < 1.29 is 14.3 Å². The van der Waals surface area contributed by atoms with Gasteiger partial charge < -0.3 is 14.8 Å². The number of nitrogens with one attached hydrogen (secondary N) is 1. The van der Waals surface area contributed by atoms with Gasteiger partial charge in [0.1, 0.15) is 24.7 Å². The summed E-state index contributed by atoms with van der Waals surface area (Å²) in [5, 5.41) is 7.89. The predicted octanol–water partition coefficient (Wildman–Crippen LogP) is 4.36. The number of rotatable bonds is 4. The molecule has 0 atom stereocenters. The first kappa shape index (κ1) is 18.4. The molecule has 7 heteroatoms. The van der Waals surface area contributed by atoms with E-state index in [1.165, 1.54) is 0 Å². The SMILES string of the molecule is COc1cc(Cl)c(C)cc1NC(=O)Cn1ncc2c1-c1cc(C)ccc1OC2. The van der Waals surface area contributed by atoms with Crippen molar-refractivity contribution in [2.75, 3.05) is 12.4 Å². The quantitative estimate of drug-likeness (QED) is 0.710. The summed E-state index contributed by atoms with van der Waals surface area (Å²) in [6.45, 7) is 4.42. The number of aryl methyl sites for hydroxylation is 2. The molecule has 0 saturated carbocycles. The smallest absolute Gasteiger partial charge is 0.246 e. The fourth-order valence-corrected chi connectivity index (χ4v) is 3.48. The van der Waals surface area contributed by atoms with Crippen molar-refractivity contribution in [2.45, 2.75) is 27.0 Å². The summed E-state index contributed by atoms with van der Waals surface area (Å²) < 4.78 is 12.8. The number of halogens is 1. The van der Waals surface area contributed by atoms with E-state index in [-0.39, 0.29) is 12.5 Å². The first-order valence-corrected chi connectivity index (χ1v) is 9.26. The van der Waals surface area contributed by atoms with Crippen LogP contribution in [0.1, 0.15) is 16.7 Å². The van der Waals surface area contributed by atoms with Crippen molar-refractivity contribution in [3.63, 3.8) is 0 Å². The van der Waals surface area contributed by atoms with Gasteiger partial charge in [-0.2, -0.15) is 5.10 Å². The highest BCUT2D eigenvalue weighted by Gasteiger charge is 2.23. The summed E-state index contributed by atoms with van der Waals surface area (Å²) in [5.41, 5.74) is 5.39. The van der Waals surface area contributed by atoms with Crippen molar-refractivity contribution in [1.29, 1.82) is 0 Å². The Morgan fingerprint density at radius 2 is 2.14 bits per heavy atom. The van der Waals surface area contributed by atoms with Gasteiger partial charge in [0.15, 0.2) is 0 Å². The number of hydrogen-bond donors (Lipinski definition) is 1. The van der Waals surface area contributed by atoms with Crippen molar-refractivity contribution in [3.05, 3.63) is 58.2 Å². The number of benzene rings is 2. The Labute approximate surface area is 168 Å². The van der Waals surface area contributed by atoms with Gasteiger partial charge in [0.25, 0.3) is 0 Å². The molecule has 1 N–H and O–H groups in total. The van der Waals surface area contributed by atoms with Crippen molar-refractivity contribution in [3.8, 4) is 22.8 Å². The number of ether oxygens (including phenoxy) is 2. The van der Waals surface area contributed by atoms with Crippen LogP contribution in [0.2, 0.25) is 5.02 Å². The van der Waals surface area contributed by atoms with Crippen LogP contribution >= 0.6 is 11.6 Å². The number of anilines is 1. The number of fused-ring (bicyclic) bond motifs is 3. The predicted molar refractivity (Wildman–Crippen MR) is 108 cm³/mol. The van der Waals surface area contributed by atoms with E-state index in [1.807, 2.05) is 26.0 Å². The summed E-state index contributed by atoms with van der Waals surface area (Å²) >= 11 is 6.14. The van der Waals surface area contributed by atoms with Crippen LogP contribution < -0.4 is 14.8 Å². The third-order valence-corrected chi connectivity index (χ3v) is 5.14. The average molecular weight is 398 g/mol. The van der Waals surface area contributed by atoms with E-state index in [2.05, 4.69) is 16.5 Å². The van der Waals surface area contributed by atoms with Gasteiger partial charge in [-0.15, -0.1) is 0 Å². The van der Waals surface area contributed by atoms with E-state index in [9.17, 15) is 4.79 Å². The van der Waals surface area contributed by atoms with Crippen molar-refractivity contribution in [2.24, 2.45) is 0 Å². The van der Waals surface area contributed by atoms with Crippen LogP contribution in [0.15, 0.2) is 36.5 Å². The Hall–Kier alpha value is -2.99. The van der Waals surface area contributed by atoms with Gasteiger partial charge in [-0.3, -0.25) is 9.48 Å². The lowest BCUT2D eigenvalue weighted by atomic mass is 10.0. The molecule has 0 saturated heterocycles. The maximum absolute atomic E-state index is 12.7. The molecule has 2 aromatic carbocycles. The maximum atomic E-state index is 12.7. The molecule has 0 unspecified atom stereocenters. The first-order chi connectivity index (χ1) is 13.5. The summed E-state index contributed by atoms with van der Waals surface area (Å²) in [4.78, 5) is 12.7. The Balaban J connectivity index is 1.61. The van der Waals surface area contributed by atoms with Crippen LogP contribution in [0, 0.1) is 13.8 Å². The first-order valence-electron chi connectivity index (χ1n) is 8.88. The fraction of sp³-hybridized carbons (Fsp3) is 0.238. The number of hydrogen-bond acceptors (Lipinski definition) is 4. The molecular formula is C21H20ClN3O3. The maximum Gasteiger partial charge on any atom is 0.246 e. The third-order valence-electron chi connectivity index (χ3n) is 4.74. The van der Waals surface area contributed by atoms with Crippen LogP contribution in [0.3, 0.4) is 0 Å². The zero-order chi connectivity index (χ0) is 19.8. The molecular weight excluding hydrogens is 378 g/mol. The summed E-state index contributed by atoms with van der Waals surface area (Å²) in [7, 11) is 1.54. The molecule has 6 nitrogen and oxygen atoms in total. The monoisotopic (exact) mass is 397 g/mol. The number of aromatic nitrogens is 2. The average Bonchev–Trinajstić information content (AvgIpc) is 3.07. The number of amides is 1. The molecule has 0 aliphatic carbocycles. The van der Waals surface area contributed by atoms with E-state index >= 15 is 0 Å². The second kappa shape index (κ2) is 7.20. The van der Waals surface area contributed by atoms with Crippen LogP contribution in [0.4, 0.5) is 5.69 Å². The molecule has 1 amide bonds. The minimum absolute atomic E-state index is 0.0769. The highest BCUT2D eigenvalue weighted by molar-refractivity contribution is 6.31. The molecule has 2 heterocycles. The summed E-state index contributed by atoms with van der Waals surface area (Å²) in [5.74, 6) is 1.11. The summed E-state index contributed by atoms with van der Waals surface area (Å²) in [6, 6.07) is 9.50. The lowest BCUT2D eigenvalue weighted by Crippen LogP contribution is -2.21. The molecule has 144 valence electrons. The van der Waals surface area contributed by atoms with Gasteiger partial charge in [-0.25, -0.2) is 0 Å². The number of methoxy groups -OCH3 is 1. The second-order valence-corrected chi connectivity index (χ2v) is 7.22. The van der Waals surface area contributed by atoms with Crippen LogP contribution in [-0.4, -0.2) is 22.8 Å². The normalized spacial score (nSPS) is 12.0. The van der Waals surface area contributed by atoms with Gasteiger partial charge in [-0.1, -0.05) is 23.2 Å².